The summed E-state index contributed by atoms with van der Waals surface area (Å²) in [6, 6.07) is 10.8. The number of benzene rings is 2. The fourth-order valence-corrected chi connectivity index (χ4v) is 5.21. The lowest BCUT2D eigenvalue weighted by atomic mass is 9.93. The summed E-state index contributed by atoms with van der Waals surface area (Å²) in [4.78, 5) is 32.8. The van der Waals surface area contributed by atoms with Crippen molar-refractivity contribution in [1.29, 1.82) is 0 Å². The molecule has 0 saturated heterocycles. The number of methoxy groups -OCH3 is 2. The van der Waals surface area contributed by atoms with Crippen LogP contribution in [0.4, 0.5) is 4.39 Å². The third-order valence-corrected chi connectivity index (χ3v) is 6.89. The first-order valence-electron chi connectivity index (χ1n) is 12.1. The van der Waals surface area contributed by atoms with E-state index in [1.807, 2.05) is 22.4 Å². The van der Waals surface area contributed by atoms with Gasteiger partial charge in [0.25, 0.3) is 0 Å². The maximum absolute atomic E-state index is 13.3. The highest BCUT2D eigenvalue weighted by molar-refractivity contribution is 8.16. The normalized spacial score (nSPS) is 16.6. The molecule has 0 aliphatic carbocycles. The monoisotopic (exact) mass is 539 g/mol. The van der Waals surface area contributed by atoms with Crippen molar-refractivity contribution in [3.8, 4) is 11.5 Å². The van der Waals surface area contributed by atoms with Crippen molar-refractivity contribution in [3.63, 3.8) is 0 Å². The van der Waals surface area contributed by atoms with E-state index in [4.69, 9.17) is 14.2 Å². The number of rotatable bonds is 9. The number of thioether (sulfide) groups is 1. The highest BCUT2D eigenvalue weighted by atomic mass is 32.2. The van der Waals surface area contributed by atoms with E-state index in [-0.39, 0.29) is 30.8 Å². The fraction of sp³-hybridized carbons (Fsp3) is 0.321. The predicted octanol–water partition coefficient (Wildman–Crippen LogP) is 5.08. The summed E-state index contributed by atoms with van der Waals surface area (Å²) in [7, 11) is 3.12. The van der Waals surface area contributed by atoms with Crippen molar-refractivity contribution in [2.45, 2.75) is 45.9 Å². The summed E-state index contributed by atoms with van der Waals surface area (Å²) in [5, 5.41) is 5.39. The zero-order chi connectivity index (χ0) is 27.4. The van der Waals surface area contributed by atoms with E-state index in [1.165, 1.54) is 23.9 Å². The molecule has 2 aliphatic rings. The highest BCUT2D eigenvalue weighted by Gasteiger charge is 2.41. The molecular formula is C28H30FN3O5S. The third kappa shape index (κ3) is 6.02. The maximum Gasteiger partial charge on any atom is 0.338 e. The van der Waals surface area contributed by atoms with Gasteiger partial charge in [0.1, 0.15) is 17.3 Å². The number of nitrogens with zero attached hydrogens (tertiary/aromatic N) is 2. The summed E-state index contributed by atoms with van der Waals surface area (Å²) in [5.41, 5.74) is 3.10. The van der Waals surface area contributed by atoms with Gasteiger partial charge in [0.15, 0.2) is 5.17 Å². The topological polar surface area (TPSA) is 89.5 Å². The molecule has 8 nitrogen and oxygen atoms in total. The molecule has 2 heterocycles. The van der Waals surface area contributed by atoms with E-state index in [0.29, 0.717) is 33.6 Å². The van der Waals surface area contributed by atoms with E-state index < -0.39 is 12.0 Å². The van der Waals surface area contributed by atoms with Crippen LogP contribution in [-0.4, -0.2) is 42.3 Å². The van der Waals surface area contributed by atoms with E-state index in [0.717, 1.165) is 11.1 Å². The van der Waals surface area contributed by atoms with E-state index in [2.05, 4.69) is 10.3 Å². The molecule has 0 spiro atoms. The fourth-order valence-electron chi connectivity index (χ4n) is 4.24. The van der Waals surface area contributed by atoms with Crippen molar-refractivity contribution < 1.29 is 28.2 Å². The van der Waals surface area contributed by atoms with Crippen molar-refractivity contribution in [3.05, 3.63) is 81.8 Å². The molecule has 200 valence electrons. The van der Waals surface area contributed by atoms with Crippen LogP contribution in [0, 0.1) is 5.82 Å². The average molecular weight is 540 g/mol. The van der Waals surface area contributed by atoms with Gasteiger partial charge in [0.2, 0.25) is 5.91 Å². The minimum atomic E-state index is -0.621. The van der Waals surface area contributed by atoms with Crippen LogP contribution in [0.1, 0.15) is 44.4 Å². The van der Waals surface area contributed by atoms with Crippen LogP contribution < -0.4 is 14.8 Å². The van der Waals surface area contributed by atoms with Gasteiger partial charge in [-0.05, 0) is 61.6 Å². The van der Waals surface area contributed by atoms with Crippen LogP contribution in [0.15, 0.2) is 69.8 Å². The van der Waals surface area contributed by atoms with Gasteiger partial charge in [-0.15, -0.1) is 0 Å². The van der Waals surface area contributed by atoms with Crippen molar-refractivity contribution in [1.82, 2.24) is 10.2 Å². The van der Waals surface area contributed by atoms with Crippen LogP contribution in [0.2, 0.25) is 0 Å². The van der Waals surface area contributed by atoms with Crippen LogP contribution >= 0.6 is 11.8 Å². The number of hydrogen-bond donors (Lipinski definition) is 1. The number of carbonyl (C=O) groups excluding carboxylic acids is 2. The van der Waals surface area contributed by atoms with Gasteiger partial charge in [-0.2, -0.15) is 0 Å². The van der Waals surface area contributed by atoms with E-state index in [1.54, 1.807) is 53.2 Å². The Hall–Kier alpha value is -3.79. The summed E-state index contributed by atoms with van der Waals surface area (Å²) in [6.07, 6.45) is -0.273. The average Bonchev–Trinajstić information content (AvgIpc) is 3.28. The number of amides is 1. The molecule has 0 saturated carbocycles. The second-order valence-electron chi connectivity index (χ2n) is 9.07. The molecule has 0 aromatic heterocycles. The van der Waals surface area contributed by atoms with E-state index >= 15 is 0 Å². The summed E-state index contributed by atoms with van der Waals surface area (Å²) < 4.78 is 29.8. The smallest absolute Gasteiger partial charge is 0.338 e. The van der Waals surface area contributed by atoms with Gasteiger partial charge in [0.05, 0.1) is 44.1 Å². The third-order valence-electron chi connectivity index (χ3n) is 6.00. The van der Waals surface area contributed by atoms with Crippen molar-refractivity contribution in [2.75, 3.05) is 14.2 Å². The van der Waals surface area contributed by atoms with Crippen molar-refractivity contribution >= 4 is 28.8 Å². The number of fused-ring (bicyclic) bond motifs is 1. The lowest BCUT2D eigenvalue weighted by molar-refractivity contribution is -0.143. The lowest BCUT2D eigenvalue weighted by Gasteiger charge is -2.36. The Morgan fingerprint density at radius 3 is 2.37 bits per heavy atom. The van der Waals surface area contributed by atoms with Gasteiger partial charge in [-0.3, -0.25) is 4.79 Å². The molecule has 10 heteroatoms. The number of allylic oxidation sites excluding steroid dienone is 1. The molecule has 2 aromatic carbocycles. The number of aliphatic imine (C=N–C) groups is 1. The predicted molar refractivity (Wildman–Crippen MR) is 144 cm³/mol. The van der Waals surface area contributed by atoms with Gasteiger partial charge in [0, 0.05) is 18.3 Å². The standard InChI is InChI=1S/C28H30FN3O5S/c1-16(2)37-27(34)25-17(3)31-28-32(26(25)19-10-22(35-4)13-23(11-19)36-5)21(15-38-28)12-24(33)30-14-18-6-8-20(29)9-7-18/h6-11,13,15-16,26H,12,14H2,1-5H3,(H,30,33)/t26-/m1/s1. The van der Waals surface area contributed by atoms with Gasteiger partial charge < -0.3 is 24.4 Å². The van der Waals surface area contributed by atoms with Gasteiger partial charge in [-0.25, -0.2) is 14.2 Å². The van der Waals surface area contributed by atoms with Crippen LogP contribution in [0.5, 0.6) is 11.5 Å². The number of ether oxygens (including phenoxy) is 3. The largest absolute Gasteiger partial charge is 0.497 e. The molecule has 0 fully saturated rings. The Kier molecular flexibility index (Phi) is 8.41. The zero-order valence-electron chi connectivity index (χ0n) is 21.9. The number of nitrogens with one attached hydrogen (secondary N) is 1. The number of esters is 1. The van der Waals surface area contributed by atoms with E-state index in [9.17, 15) is 14.0 Å². The highest BCUT2D eigenvalue weighted by Crippen LogP contribution is 2.46. The Morgan fingerprint density at radius 2 is 1.76 bits per heavy atom. The Bertz CT molecular complexity index is 1300. The van der Waals surface area contributed by atoms with Crippen molar-refractivity contribution in [2.24, 2.45) is 4.99 Å². The molecule has 38 heavy (non-hydrogen) atoms. The SMILES string of the molecule is COc1cc(OC)cc([C@@H]2C(C(=O)OC(C)C)=C(C)N=C3SC=C(CC(=O)NCc4ccc(F)cc4)N32)c1. The number of amidine groups is 1. The second-order valence-corrected chi connectivity index (χ2v) is 9.91. The van der Waals surface area contributed by atoms with Crippen LogP contribution in [0.3, 0.4) is 0 Å². The molecule has 1 atom stereocenters. The first-order chi connectivity index (χ1) is 18.2. The quantitative estimate of drug-likeness (QED) is 0.445. The summed E-state index contributed by atoms with van der Waals surface area (Å²) >= 11 is 1.39. The zero-order valence-corrected chi connectivity index (χ0v) is 22.7. The molecule has 0 radical (unpaired) electrons. The van der Waals surface area contributed by atoms with Gasteiger partial charge in [-0.1, -0.05) is 23.9 Å². The Labute approximate surface area is 225 Å². The molecule has 2 aliphatic heterocycles. The maximum atomic E-state index is 13.3. The minimum Gasteiger partial charge on any atom is -0.497 e. The number of halogens is 1. The first kappa shape index (κ1) is 27.3. The first-order valence-corrected chi connectivity index (χ1v) is 13.0. The number of carbonyl (C=O) groups is 2. The lowest BCUT2D eigenvalue weighted by Crippen LogP contribution is -2.38. The molecule has 0 unspecified atom stereocenters. The molecular weight excluding hydrogens is 509 g/mol. The Morgan fingerprint density at radius 1 is 1.11 bits per heavy atom. The molecule has 0 bridgehead atoms. The molecule has 2 aromatic rings. The van der Waals surface area contributed by atoms with Crippen LogP contribution in [0.25, 0.3) is 0 Å². The number of hydrogen-bond acceptors (Lipinski definition) is 8. The summed E-state index contributed by atoms with van der Waals surface area (Å²) in [5.74, 6) is 0.0886. The molecule has 1 amide bonds. The minimum absolute atomic E-state index is 0.0520. The molecule has 4 rings (SSSR count). The summed E-state index contributed by atoms with van der Waals surface area (Å²) in [6.45, 7) is 5.62. The molecule has 1 N–H and O–H groups in total. The Balaban J connectivity index is 1.66. The second kappa shape index (κ2) is 11.7. The van der Waals surface area contributed by atoms with Crippen LogP contribution in [-0.2, 0) is 20.9 Å². The van der Waals surface area contributed by atoms with Gasteiger partial charge >= 0.3 is 5.97 Å².